The first-order valence-electron chi connectivity index (χ1n) is 10.6. The number of aryl methyl sites for hydroxylation is 2. The maximum atomic E-state index is 13.6. The molecular formula is C23H26N4O3S. The van der Waals surface area contributed by atoms with Crippen molar-refractivity contribution in [3.05, 3.63) is 64.6 Å². The number of amides is 2. The maximum absolute atomic E-state index is 13.6. The lowest BCUT2D eigenvalue weighted by molar-refractivity contribution is -0.123. The zero-order chi connectivity index (χ0) is 21.8. The van der Waals surface area contributed by atoms with E-state index >= 15 is 0 Å². The number of hydrogen-bond acceptors (Lipinski definition) is 6. The third-order valence-corrected chi connectivity index (χ3v) is 6.20. The quantitative estimate of drug-likeness (QED) is 0.608. The van der Waals surface area contributed by atoms with Gasteiger partial charge < -0.3 is 9.73 Å². The van der Waals surface area contributed by atoms with E-state index in [1.54, 1.807) is 17.5 Å². The summed E-state index contributed by atoms with van der Waals surface area (Å²) in [5, 5.41) is 8.73. The lowest BCUT2D eigenvalue weighted by atomic mass is 9.95. The van der Waals surface area contributed by atoms with E-state index in [2.05, 4.69) is 14.9 Å². The Bertz CT molecular complexity index is 1030. The molecule has 0 spiro atoms. The van der Waals surface area contributed by atoms with Crippen LogP contribution in [0.15, 0.2) is 46.4 Å². The van der Waals surface area contributed by atoms with Crippen molar-refractivity contribution in [3.8, 4) is 0 Å². The second-order valence-corrected chi connectivity index (χ2v) is 8.63. The van der Waals surface area contributed by atoms with Gasteiger partial charge in [-0.1, -0.05) is 35.9 Å². The van der Waals surface area contributed by atoms with E-state index in [0.29, 0.717) is 11.4 Å². The molecule has 8 heteroatoms. The van der Waals surface area contributed by atoms with Crippen molar-refractivity contribution in [2.24, 2.45) is 0 Å². The second-order valence-electron chi connectivity index (χ2n) is 8.02. The molecule has 1 aliphatic rings. The number of carbonyl (C=O) groups excluding carboxylic acids is 2. The molecule has 0 aliphatic heterocycles. The van der Waals surface area contributed by atoms with Gasteiger partial charge in [0.1, 0.15) is 5.76 Å². The Morgan fingerprint density at radius 3 is 2.68 bits per heavy atom. The predicted octanol–water partition coefficient (Wildman–Crippen LogP) is 4.58. The molecule has 4 rings (SSSR count). The molecular weight excluding hydrogens is 412 g/mol. The van der Waals surface area contributed by atoms with Crippen LogP contribution >= 0.6 is 11.5 Å². The predicted molar refractivity (Wildman–Crippen MR) is 119 cm³/mol. The number of rotatable bonds is 6. The van der Waals surface area contributed by atoms with Gasteiger partial charge in [0.15, 0.2) is 11.7 Å². The van der Waals surface area contributed by atoms with Gasteiger partial charge in [-0.05, 0) is 67.5 Å². The van der Waals surface area contributed by atoms with E-state index in [1.165, 1.54) is 17.6 Å². The van der Waals surface area contributed by atoms with E-state index in [0.717, 1.165) is 48.3 Å². The molecule has 0 bridgehead atoms. The van der Waals surface area contributed by atoms with Crippen molar-refractivity contribution < 1.29 is 14.0 Å². The van der Waals surface area contributed by atoms with Crippen LogP contribution in [0.25, 0.3) is 0 Å². The molecule has 1 saturated carbocycles. The standard InChI is InChI=1S/C23H26N4O3S/c1-15-10-11-16(2)19(13-15)27(23(29)18-14-31-26-25-18)21(20-9-6-12-30-20)22(28)24-17-7-4-3-5-8-17/h6,9-14,17,21H,3-5,7-8H2,1-2H3,(H,24,28)/t21-/m0/s1. The van der Waals surface area contributed by atoms with Gasteiger partial charge >= 0.3 is 0 Å². The van der Waals surface area contributed by atoms with Gasteiger partial charge in [-0.3, -0.25) is 14.5 Å². The SMILES string of the molecule is Cc1ccc(C)c(N(C(=O)c2csnn2)[C@H](C(=O)NC2CCCCC2)c2ccco2)c1. The summed E-state index contributed by atoms with van der Waals surface area (Å²) in [5.41, 5.74) is 2.72. The first-order chi connectivity index (χ1) is 15.0. The number of aromatic nitrogens is 2. The van der Waals surface area contributed by atoms with Gasteiger partial charge in [-0.25, -0.2) is 0 Å². The van der Waals surface area contributed by atoms with Crippen LogP contribution in [0.2, 0.25) is 0 Å². The summed E-state index contributed by atoms with van der Waals surface area (Å²) < 4.78 is 9.50. The number of carbonyl (C=O) groups is 2. The average Bonchev–Trinajstić information content (AvgIpc) is 3.48. The van der Waals surface area contributed by atoms with Crippen molar-refractivity contribution in [3.63, 3.8) is 0 Å². The highest BCUT2D eigenvalue weighted by Crippen LogP contribution is 2.33. The van der Waals surface area contributed by atoms with Crippen molar-refractivity contribution in [1.29, 1.82) is 0 Å². The van der Waals surface area contributed by atoms with Gasteiger partial charge in [0.2, 0.25) is 0 Å². The molecule has 1 fully saturated rings. The smallest absolute Gasteiger partial charge is 0.280 e. The van der Waals surface area contributed by atoms with Crippen molar-refractivity contribution >= 4 is 29.0 Å². The normalized spacial score (nSPS) is 15.4. The van der Waals surface area contributed by atoms with Crippen LogP contribution in [-0.2, 0) is 4.79 Å². The molecule has 1 atom stereocenters. The maximum Gasteiger partial charge on any atom is 0.280 e. The zero-order valence-electron chi connectivity index (χ0n) is 17.7. The number of anilines is 1. The summed E-state index contributed by atoms with van der Waals surface area (Å²) in [5.74, 6) is -0.229. The third kappa shape index (κ3) is 4.69. The highest BCUT2D eigenvalue weighted by molar-refractivity contribution is 7.03. The highest BCUT2D eigenvalue weighted by Gasteiger charge is 2.37. The average molecular weight is 439 g/mol. The van der Waals surface area contributed by atoms with Gasteiger partial charge in [-0.2, -0.15) is 0 Å². The molecule has 0 saturated heterocycles. The highest BCUT2D eigenvalue weighted by atomic mass is 32.1. The Morgan fingerprint density at radius 2 is 2.00 bits per heavy atom. The van der Waals surface area contributed by atoms with Gasteiger partial charge in [0.25, 0.3) is 11.8 Å². The van der Waals surface area contributed by atoms with Crippen LogP contribution in [0.4, 0.5) is 5.69 Å². The molecule has 1 N–H and O–H groups in total. The fourth-order valence-corrected chi connectivity index (χ4v) is 4.50. The van der Waals surface area contributed by atoms with Crippen LogP contribution in [-0.4, -0.2) is 27.4 Å². The second kappa shape index (κ2) is 9.43. The van der Waals surface area contributed by atoms with Gasteiger partial charge in [-0.15, -0.1) is 5.10 Å². The Labute approximate surface area is 185 Å². The molecule has 1 aromatic carbocycles. The Balaban J connectivity index is 1.78. The van der Waals surface area contributed by atoms with E-state index < -0.39 is 6.04 Å². The molecule has 31 heavy (non-hydrogen) atoms. The van der Waals surface area contributed by atoms with Gasteiger partial charge in [0.05, 0.1) is 6.26 Å². The molecule has 0 unspecified atom stereocenters. The molecule has 2 aromatic heterocycles. The molecule has 0 radical (unpaired) electrons. The number of nitrogens with one attached hydrogen (secondary N) is 1. The van der Waals surface area contributed by atoms with E-state index in [4.69, 9.17) is 4.42 Å². The third-order valence-electron chi connectivity index (χ3n) is 5.69. The molecule has 1 aliphatic carbocycles. The topological polar surface area (TPSA) is 88.3 Å². The molecule has 162 valence electrons. The fraction of sp³-hybridized carbons (Fsp3) is 0.391. The van der Waals surface area contributed by atoms with E-state index in [9.17, 15) is 9.59 Å². The summed E-state index contributed by atoms with van der Waals surface area (Å²) in [6.45, 7) is 3.88. The van der Waals surface area contributed by atoms with Crippen molar-refractivity contribution in [2.75, 3.05) is 4.90 Å². The molecule has 2 heterocycles. The number of benzene rings is 1. The van der Waals surface area contributed by atoms with Crippen molar-refractivity contribution in [1.82, 2.24) is 14.9 Å². The number of furan rings is 1. The van der Waals surface area contributed by atoms with Crippen LogP contribution < -0.4 is 10.2 Å². The summed E-state index contributed by atoms with van der Waals surface area (Å²) in [6.07, 6.45) is 6.80. The summed E-state index contributed by atoms with van der Waals surface area (Å²) in [6, 6.07) is 8.46. The molecule has 7 nitrogen and oxygen atoms in total. The Kier molecular flexibility index (Phi) is 6.46. The first kappa shape index (κ1) is 21.2. The van der Waals surface area contributed by atoms with Crippen LogP contribution in [0.1, 0.15) is 65.5 Å². The Hall–Kier alpha value is -3.00. The minimum absolute atomic E-state index is 0.107. The minimum atomic E-state index is -0.952. The van der Waals surface area contributed by atoms with E-state index in [1.807, 2.05) is 32.0 Å². The lowest BCUT2D eigenvalue weighted by Gasteiger charge is -2.32. The summed E-state index contributed by atoms with van der Waals surface area (Å²) in [7, 11) is 0. The van der Waals surface area contributed by atoms with Crippen LogP contribution in [0, 0.1) is 13.8 Å². The molecule has 3 aromatic rings. The van der Waals surface area contributed by atoms with Crippen LogP contribution in [0.3, 0.4) is 0 Å². The monoisotopic (exact) mass is 438 g/mol. The summed E-state index contributed by atoms with van der Waals surface area (Å²) >= 11 is 1.10. The Morgan fingerprint density at radius 1 is 1.19 bits per heavy atom. The lowest BCUT2D eigenvalue weighted by Crippen LogP contribution is -2.47. The minimum Gasteiger partial charge on any atom is -0.467 e. The summed E-state index contributed by atoms with van der Waals surface area (Å²) in [4.78, 5) is 28.7. The van der Waals surface area contributed by atoms with Crippen molar-refractivity contribution in [2.45, 2.75) is 58.0 Å². The largest absolute Gasteiger partial charge is 0.467 e. The van der Waals surface area contributed by atoms with Gasteiger partial charge in [0, 0.05) is 17.1 Å². The number of nitrogens with zero attached hydrogens (tertiary/aromatic N) is 3. The first-order valence-corrected chi connectivity index (χ1v) is 11.4. The van der Waals surface area contributed by atoms with E-state index in [-0.39, 0.29) is 23.6 Å². The zero-order valence-corrected chi connectivity index (χ0v) is 18.5. The fourth-order valence-electron chi connectivity index (χ4n) is 4.07. The number of hydrogen-bond donors (Lipinski definition) is 1. The van der Waals surface area contributed by atoms with Crippen LogP contribution in [0.5, 0.6) is 0 Å². The molecule has 2 amide bonds.